The second kappa shape index (κ2) is 7.38. The molecule has 27 heavy (non-hydrogen) atoms. The van der Waals surface area contributed by atoms with Gasteiger partial charge >= 0.3 is 0 Å². The van der Waals surface area contributed by atoms with E-state index in [9.17, 15) is 4.79 Å². The molecule has 148 valence electrons. The fourth-order valence-electron chi connectivity index (χ4n) is 5.12. The zero-order valence-electron chi connectivity index (χ0n) is 17.0. The van der Waals surface area contributed by atoms with Crippen molar-refractivity contribution in [3.05, 3.63) is 17.6 Å². The van der Waals surface area contributed by atoms with E-state index < -0.39 is 0 Å². The highest BCUT2D eigenvalue weighted by Crippen LogP contribution is 2.45. The third-order valence-electron chi connectivity index (χ3n) is 6.73. The lowest BCUT2D eigenvalue weighted by atomic mass is 9.67. The molecular formula is C21H33N5O. The molecule has 2 aliphatic heterocycles. The Bertz CT molecular complexity index is 698. The van der Waals surface area contributed by atoms with Crippen molar-refractivity contribution in [3.63, 3.8) is 0 Å². The average molecular weight is 372 g/mol. The second-order valence-corrected chi connectivity index (χ2v) is 8.89. The van der Waals surface area contributed by atoms with Crippen molar-refractivity contribution in [2.45, 2.75) is 52.4 Å². The first-order valence-electron chi connectivity index (χ1n) is 10.6. The van der Waals surface area contributed by atoms with E-state index in [1.165, 1.54) is 19.3 Å². The van der Waals surface area contributed by atoms with E-state index in [1.54, 1.807) is 0 Å². The zero-order valence-corrected chi connectivity index (χ0v) is 17.0. The van der Waals surface area contributed by atoms with Gasteiger partial charge in [-0.15, -0.1) is 0 Å². The first-order valence-corrected chi connectivity index (χ1v) is 10.6. The number of aromatic nitrogens is 2. The predicted molar refractivity (Wildman–Crippen MR) is 107 cm³/mol. The van der Waals surface area contributed by atoms with Crippen molar-refractivity contribution >= 4 is 11.7 Å². The summed E-state index contributed by atoms with van der Waals surface area (Å²) in [6.45, 7) is 11.5. The van der Waals surface area contributed by atoms with Gasteiger partial charge in [-0.2, -0.15) is 0 Å². The standard InChI is InChI=1S/C21H33N5O/c1-15(2)19-23-16(3)12-18(24-19)25-8-10-26(11-9-25)20(27)21-7-5-4-6-17(21)13-22-14-21/h12,15,17,22H,4-11,13-14H2,1-3H3/t17-,21+/m0/s1. The Kier molecular flexibility index (Phi) is 5.10. The summed E-state index contributed by atoms with van der Waals surface area (Å²) < 4.78 is 0. The molecule has 1 amide bonds. The topological polar surface area (TPSA) is 61.4 Å². The highest BCUT2D eigenvalue weighted by Gasteiger charge is 2.51. The number of hydrogen-bond acceptors (Lipinski definition) is 5. The number of aryl methyl sites for hydroxylation is 1. The number of hydrogen-bond donors (Lipinski definition) is 1. The van der Waals surface area contributed by atoms with Gasteiger partial charge in [0.05, 0.1) is 5.41 Å². The van der Waals surface area contributed by atoms with E-state index in [2.05, 4.69) is 40.0 Å². The van der Waals surface area contributed by atoms with Crippen LogP contribution in [0, 0.1) is 18.3 Å². The van der Waals surface area contributed by atoms with Gasteiger partial charge in [-0.1, -0.05) is 26.7 Å². The summed E-state index contributed by atoms with van der Waals surface area (Å²) in [5.74, 6) is 3.18. The fourth-order valence-corrected chi connectivity index (χ4v) is 5.12. The molecule has 0 unspecified atom stereocenters. The molecule has 0 bridgehead atoms. The van der Waals surface area contributed by atoms with E-state index in [0.29, 0.717) is 17.7 Å². The average Bonchev–Trinajstić information content (AvgIpc) is 3.12. The Hall–Kier alpha value is -1.69. The quantitative estimate of drug-likeness (QED) is 0.884. The van der Waals surface area contributed by atoms with Gasteiger partial charge in [-0.05, 0) is 32.2 Å². The molecule has 2 atom stereocenters. The van der Waals surface area contributed by atoms with E-state index in [-0.39, 0.29) is 5.41 Å². The molecule has 4 rings (SSSR count). The molecule has 6 nitrogen and oxygen atoms in total. The number of carbonyl (C=O) groups is 1. The number of carbonyl (C=O) groups excluding carboxylic acids is 1. The minimum absolute atomic E-state index is 0.128. The third kappa shape index (κ3) is 3.44. The van der Waals surface area contributed by atoms with Gasteiger partial charge in [-0.25, -0.2) is 9.97 Å². The number of anilines is 1. The Morgan fingerprint density at radius 2 is 2.00 bits per heavy atom. The molecular weight excluding hydrogens is 338 g/mol. The monoisotopic (exact) mass is 371 g/mol. The highest BCUT2D eigenvalue weighted by atomic mass is 16.2. The maximum atomic E-state index is 13.4. The molecule has 2 saturated heterocycles. The number of rotatable bonds is 3. The minimum Gasteiger partial charge on any atom is -0.353 e. The summed E-state index contributed by atoms with van der Waals surface area (Å²) in [5.41, 5.74) is 0.889. The molecule has 1 aliphatic carbocycles. The van der Waals surface area contributed by atoms with Gasteiger partial charge in [0.15, 0.2) is 0 Å². The van der Waals surface area contributed by atoms with E-state index in [0.717, 1.165) is 63.0 Å². The smallest absolute Gasteiger partial charge is 0.230 e. The van der Waals surface area contributed by atoms with Crippen LogP contribution in [0.25, 0.3) is 0 Å². The highest BCUT2D eigenvalue weighted by molar-refractivity contribution is 5.84. The van der Waals surface area contributed by atoms with Crippen molar-refractivity contribution < 1.29 is 4.79 Å². The van der Waals surface area contributed by atoms with Crippen LogP contribution in [-0.2, 0) is 4.79 Å². The lowest BCUT2D eigenvalue weighted by Gasteiger charge is -2.43. The van der Waals surface area contributed by atoms with Crippen LogP contribution in [0.1, 0.15) is 57.0 Å². The summed E-state index contributed by atoms with van der Waals surface area (Å²) in [6.07, 6.45) is 4.74. The van der Waals surface area contributed by atoms with Crippen LogP contribution in [-0.4, -0.2) is 60.0 Å². The van der Waals surface area contributed by atoms with Crippen molar-refractivity contribution in [2.24, 2.45) is 11.3 Å². The molecule has 1 saturated carbocycles. The molecule has 3 heterocycles. The zero-order chi connectivity index (χ0) is 19.0. The number of nitrogens with zero attached hydrogens (tertiary/aromatic N) is 4. The lowest BCUT2D eigenvalue weighted by Crippen LogP contribution is -2.56. The molecule has 0 aromatic carbocycles. The Morgan fingerprint density at radius 1 is 1.22 bits per heavy atom. The summed E-state index contributed by atoms with van der Waals surface area (Å²) >= 11 is 0. The summed E-state index contributed by atoms with van der Waals surface area (Å²) in [6, 6.07) is 2.07. The van der Waals surface area contributed by atoms with Gasteiger partial charge in [0.1, 0.15) is 11.6 Å². The molecule has 3 aliphatic rings. The number of piperazine rings is 1. The molecule has 1 N–H and O–H groups in total. The summed E-state index contributed by atoms with van der Waals surface area (Å²) in [4.78, 5) is 27.2. The van der Waals surface area contributed by atoms with Gasteiger partial charge in [0.2, 0.25) is 5.91 Å². The van der Waals surface area contributed by atoms with Crippen LogP contribution in [0.5, 0.6) is 0 Å². The Morgan fingerprint density at radius 3 is 2.74 bits per heavy atom. The van der Waals surface area contributed by atoms with E-state index in [4.69, 9.17) is 4.98 Å². The van der Waals surface area contributed by atoms with Crippen LogP contribution in [0.2, 0.25) is 0 Å². The third-order valence-corrected chi connectivity index (χ3v) is 6.73. The van der Waals surface area contributed by atoms with Crippen LogP contribution < -0.4 is 10.2 Å². The molecule has 0 radical (unpaired) electrons. The van der Waals surface area contributed by atoms with Crippen molar-refractivity contribution in [1.29, 1.82) is 0 Å². The fraction of sp³-hybridized carbons (Fsp3) is 0.762. The second-order valence-electron chi connectivity index (χ2n) is 8.89. The van der Waals surface area contributed by atoms with E-state index >= 15 is 0 Å². The van der Waals surface area contributed by atoms with Crippen LogP contribution in [0.3, 0.4) is 0 Å². The first-order chi connectivity index (χ1) is 13.0. The summed E-state index contributed by atoms with van der Waals surface area (Å²) in [5, 5.41) is 3.51. The minimum atomic E-state index is -0.128. The van der Waals surface area contributed by atoms with Crippen LogP contribution >= 0.6 is 0 Å². The summed E-state index contributed by atoms with van der Waals surface area (Å²) in [7, 11) is 0. The maximum absolute atomic E-state index is 13.4. The van der Waals surface area contributed by atoms with Crippen molar-refractivity contribution in [2.75, 3.05) is 44.2 Å². The van der Waals surface area contributed by atoms with Crippen molar-refractivity contribution in [3.8, 4) is 0 Å². The predicted octanol–water partition coefficient (Wildman–Crippen LogP) is 2.34. The van der Waals surface area contributed by atoms with Gasteiger partial charge in [0, 0.05) is 50.4 Å². The number of nitrogens with one attached hydrogen (secondary N) is 1. The van der Waals surface area contributed by atoms with E-state index in [1.807, 2.05) is 6.92 Å². The molecule has 1 aromatic rings. The van der Waals surface area contributed by atoms with Crippen molar-refractivity contribution in [1.82, 2.24) is 20.2 Å². The lowest BCUT2D eigenvalue weighted by molar-refractivity contribution is -0.145. The van der Waals surface area contributed by atoms with Gasteiger partial charge in [0.25, 0.3) is 0 Å². The maximum Gasteiger partial charge on any atom is 0.230 e. The SMILES string of the molecule is Cc1cc(N2CCN(C(=O)[C@@]34CCCC[C@H]3CNC4)CC2)nc(C(C)C)n1. The molecule has 1 aromatic heterocycles. The van der Waals surface area contributed by atoms with Gasteiger partial charge < -0.3 is 15.1 Å². The Balaban J connectivity index is 1.44. The van der Waals surface area contributed by atoms with Gasteiger partial charge in [-0.3, -0.25) is 4.79 Å². The number of amides is 1. The number of fused-ring (bicyclic) bond motifs is 1. The molecule has 6 heteroatoms. The first kappa shape index (κ1) is 18.7. The van der Waals surface area contributed by atoms with Crippen LogP contribution in [0.4, 0.5) is 5.82 Å². The molecule has 3 fully saturated rings. The largest absolute Gasteiger partial charge is 0.353 e. The van der Waals surface area contributed by atoms with Crippen LogP contribution in [0.15, 0.2) is 6.07 Å². The Labute approximate surface area is 162 Å². The normalized spacial score (nSPS) is 28.5. The molecule has 0 spiro atoms.